The van der Waals surface area contributed by atoms with Crippen molar-refractivity contribution >= 4 is 0 Å². The number of hydrogen-bond donors (Lipinski definition) is 2. The summed E-state index contributed by atoms with van der Waals surface area (Å²) < 4.78 is 0. The summed E-state index contributed by atoms with van der Waals surface area (Å²) in [5.41, 5.74) is 8.12. The third-order valence-corrected chi connectivity index (χ3v) is 3.49. The fourth-order valence-electron chi connectivity index (χ4n) is 2.30. The van der Waals surface area contributed by atoms with E-state index >= 15 is 0 Å². The number of nitrogens with one attached hydrogen (secondary N) is 1. The Balaban J connectivity index is 2.01. The fourth-order valence-corrected chi connectivity index (χ4v) is 2.30. The molecule has 0 aromatic heterocycles. The summed E-state index contributed by atoms with van der Waals surface area (Å²) >= 11 is 0. The van der Waals surface area contributed by atoms with Crippen LogP contribution in [-0.4, -0.2) is 0 Å². The van der Waals surface area contributed by atoms with E-state index in [0.717, 1.165) is 12.8 Å². The molecule has 0 amide bonds. The highest BCUT2D eigenvalue weighted by Gasteiger charge is 2.09. The van der Waals surface area contributed by atoms with E-state index in [0.29, 0.717) is 0 Å². The van der Waals surface area contributed by atoms with Crippen molar-refractivity contribution in [1.29, 1.82) is 0 Å². The molecule has 0 saturated heterocycles. The molecular weight excluding hydrogens is 232 g/mol. The summed E-state index contributed by atoms with van der Waals surface area (Å²) in [5.74, 6) is 5.69. The van der Waals surface area contributed by atoms with Crippen LogP contribution in [0.3, 0.4) is 0 Å². The van der Waals surface area contributed by atoms with Gasteiger partial charge in [-0.25, -0.2) is 0 Å². The van der Waals surface area contributed by atoms with Crippen molar-refractivity contribution in [1.82, 2.24) is 5.43 Å². The minimum Gasteiger partial charge on any atom is -0.271 e. The van der Waals surface area contributed by atoms with Gasteiger partial charge in [-0.05, 0) is 37.8 Å². The first-order chi connectivity index (χ1) is 9.19. The molecule has 0 aliphatic heterocycles. The molecule has 2 heteroatoms. The molecule has 0 heterocycles. The maximum absolute atomic E-state index is 5.69. The summed E-state index contributed by atoms with van der Waals surface area (Å²) in [6.45, 7) is 4.22. The first kappa shape index (κ1) is 13.8. The van der Waals surface area contributed by atoms with Gasteiger partial charge in [0.1, 0.15) is 0 Å². The second kappa shape index (κ2) is 6.50. The normalized spacial score (nSPS) is 12.4. The molecule has 2 rings (SSSR count). The second-order valence-electron chi connectivity index (χ2n) is 5.16. The zero-order chi connectivity index (χ0) is 13.7. The SMILES string of the molecule is Cc1ccc(CCC(NN)c2cccc(C)c2)cc1. The van der Waals surface area contributed by atoms with Gasteiger partial charge in [0.25, 0.3) is 0 Å². The lowest BCUT2D eigenvalue weighted by Gasteiger charge is -2.17. The molecule has 3 N–H and O–H groups in total. The van der Waals surface area contributed by atoms with Crippen molar-refractivity contribution in [3.63, 3.8) is 0 Å². The monoisotopic (exact) mass is 254 g/mol. The minimum atomic E-state index is 0.209. The van der Waals surface area contributed by atoms with Gasteiger partial charge >= 0.3 is 0 Å². The average Bonchev–Trinajstić information content (AvgIpc) is 2.42. The van der Waals surface area contributed by atoms with Crippen LogP contribution < -0.4 is 11.3 Å². The molecule has 0 aliphatic rings. The maximum Gasteiger partial charge on any atom is 0.0463 e. The lowest BCUT2D eigenvalue weighted by molar-refractivity contribution is 0.516. The predicted octanol–water partition coefficient (Wildman–Crippen LogP) is 3.44. The average molecular weight is 254 g/mol. The van der Waals surface area contributed by atoms with Crippen LogP contribution in [0, 0.1) is 13.8 Å². The van der Waals surface area contributed by atoms with Gasteiger partial charge in [-0.15, -0.1) is 0 Å². The van der Waals surface area contributed by atoms with E-state index in [1.165, 1.54) is 22.3 Å². The highest BCUT2D eigenvalue weighted by atomic mass is 15.2. The zero-order valence-electron chi connectivity index (χ0n) is 11.7. The van der Waals surface area contributed by atoms with Gasteiger partial charge in [-0.1, -0.05) is 59.7 Å². The summed E-state index contributed by atoms with van der Waals surface area (Å²) in [6.07, 6.45) is 2.03. The highest BCUT2D eigenvalue weighted by Crippen LogP contribution is 2.19. The second-order valence-corrected chi connectivity index (χ2v) is 5.16. The molecule has 1 unspecified atom stereocenters. The lowest BCUT2D eigenvalue weighted by Crippen LogP contribution is -2.28. The molecule has 0 fully saturated rings. The van der Waals surface area contributed by atoms with Crippen LogP contribution in [0.5, 0.6) is 0 Å². The van der Waals surface area contributed by atoms with Crippen molar-refractivity contribution < 1.29 is 0 Å². The Morgan fingerprint density at radius 1 is 1.00 bits per heavy atom. The number of hydrogen-bond acceptors (Lipinski definition) is 2. The quantitative estimate of drug-likeness (QED) is 0.633. The maximum atomic E-state index is 5.69. The number of benzene rings is 2. The summed E-state index contributed by atoms with van der Waals surface area (Å²) in [5, 5.41) is 0. The van der Waals surface area contributed by atoms with Crippen molar-refractivity contribution in [2.45, 2.75) is 32.7 Å². The van der Waals surface area contributed by atoms with Gasteiger partial charge in [0, 0.05) is 6.04 Å². The molecule has 0 saturated carbocycles. The third kappa shape index (κ3) is 3.91. The van der Waals surface area contributed by atoms with E-state index in [1.54, 1.807) is 0 Å². The van der Waals surface area contributed by atoms with E-state index in [4.69, 9.17) is 5.84 Å². The Morgan fingerprint density at radius 3 is 2.37 bits per heavy atom. The summed E-state index contributed by atoms with van der Waals surface area (Å²) in [4.78, 5) is 0. The molecule has 19 heavy (non-hydrogen) atoms. The Hall–Kier alpha value is -1.64. The van der Waals surface area contributed by atoms with Gasteiger partial charge in [0.15, 0.2) is 0 Å². The molecular formula is C17H22N2. The van der Waals surface area contributed by atoms with Crippen LogP contribution in [0.4, 0.5) is 0 Å². The molecule has 100 valence electrons. The van der Waals surface area contributed by atoms with E-state index in [-0.39, 0.29) is 6.04 Å². The zero-order valence-corrected chi connectivity index (χ0v) is 11.7. The van der Waals surface area contributed by atoms with Crippen LogP contribution in [0.2, 0.25) is 0 Å². The number of nitrogens with two attached hydrogens (primary N) is 1. The van der Waals surface area contributed by atoms with Gasteiger partial charge in [0.2, 0.25) is 0 Å². The van der Waals surface area contributed by atoms with Crippen molar-refractivity contribution in [3.05, 3.63) is 70.8 Å². The molecule has 1 atom stereocenters. The first-order valence-corrected chi connectivity index (χ1v) is 6.77. The Bertz CT molecular complexity index is 517. The van der Waals surface area contributed by atoms with Crippen LogP contribution >= 0.6 is 0 Å². The molecule has 2 nitrogen and oxygen atoms in total. The van der Waals surface area contributed by atoms with Crippen LogP contribution in [0.15, 0.2) is 48.5 Å². The van der Waals surface area contributed by atoms with E-state index in [2.05, 4.69) is 67.8 Å². The predicted molar refractivity (Wildman–Crippen MR) is 80.7 cm³/mol. The Morgan fingerprint density at radius 2 is 1.74 bits per heavy atom. The van der Waals surface area contributed by atoms with Gasteiger partial charge in [-0.3, -0.25) is 11.3 Å². The number of rotatable bonds is 5. The topological polar surface area (TPSA) is 38.0 Å². The summed E-state index contributed by atoms with van der Waals surface area (Å²) in [6, 6.07) is 17.4. The lowest BCUT2D eigenvalue weighted by atomic mass is 9.98. The van der Waals surface area contributed by atoms with Crippen molar-refractivity contribution in [3.8, 4) is 0 Å². The van der Waals surface area contributed by atoms with E-state index in [1.807, 2.05) is 0 Å². The van der Waals surface area contributed by atoms with Gasteiger partial charge in [-0.2, -0.15) is 0 Å². The van der Waals surface area contributed by atoms with E-state index < -0.39 is 0 Å². The largest absolute Gasteiger partial charge is 0.271 e. The van der Waals surface area contributed by atoms with Crippen LogP contribution in [0.25, 0.3) is 0 Å². The van der Waals surface area contributed by atoms with Crippen molar-refractivity contribution in [2.24, 2.45) is 5.84 Å². The molecule has 0 aliphatic carbocycles. The molecule has 0 bridgehead atoms. The van der Waals surface area contributed by atoms with Crippen LogP contribution in [0.1, 0.15) is 34.7 Å². The smallest absolute Gasteiger partial charge is 0.0463 e. The standard InChI is InChI=1S/C17H22N2/c1-13-6-8-15(9-7-13)10-11-17(19-18)16-5-3-4-14(2)12-16/h3-9,12,17,19H,10-11,18H2,1-2H3. The molecule has 0 radical (unpaired) electrons. The summed E-state index contributed by atoms with van der Waals surface area (Å²) in [7, 11) is 0. The highest BCUT2D eigenvalue weighted by molar-refractivity contribution is 5.26. The molecule has 0 spiro atoms. The Labute approximate surface area is 115 Å². The van der Waals surface area contributed by atoms with Crippen LogP contribution in [-0.2, 0) is 6.42 Å². The third-order valence-electron chi connectivity index (χ3n) is 3.49. The first-order valence-electron chi connectivity index (χ1n) is 6.77. The number of aryl methyl sites for hydroxylation is 3. The molecule has 2 aromatic rings. The van der Waals surface area contributed by atoms with E-state index in [9.17, 15) is 0 Å². The van der Waals surface area contributed by atoms with Gasteiger partial charge < -0.3 is 0 Å². The van der Waals surface area contributed by atoms with Crippen molar-refractivity contribution in [2.75, 3.05) is 0 Å². The minimum absolute atomic E-state index is 0.209. The number of hydrazine groups is 1. The van der Waals surface area contributed by atoms with Gasteiger partial charge in [0.05, 0.1) is 0 Å². The molecule has 2 aromatic carbocycles. The Kier molecular flexibility index (Phi) is 4.72. The fraction of sp³-hybridized carbons (Fsp3) is 0.294.